The van der Waals surface area contributed by atoms with E-state index in [4.69, 9.17) is 19.9 Å². The molecule has 1 aromatic carbocycles. The van der Waals surface area contributed by atoms with Gasteiger partial charge in [0, 0.05) is 32.0 Å². The van der Waals surface area contributed by atoms with E-state index in [1.54, 1.807) is 6.20 Å². The van der Waals surface area contributed by atoms with Crippen LogP contribution in [0.5, 0.6) is 11.6 Å². The van der Waals surface area contributed by atoms with Crippen molar-refractivity contribution < 1.29 is 14.2 Å². The van der Waals surface area contributed by atoms with E-state index >= 15 is 0 Å². The van der Waals surface area contributed by atoms with Crippen LogP contribution < -0.4 is 20.5 Å². The molecule has 0 spiro atoms. The minimum atomic E-state index is 0.421. The molecule has 0 saturated carbocycles. The van der Waals surface area contributed by atoms with Crippen molar-refractivity contribution in [3.63, 3.8) is 0 Å². The standard InChI is InChI=1S/C20H28N4O3/c1-2-25-12-6-11-22-20(21)24-16-17-9-10-19(23-15-17)27-14-13-26-18-7-4-3-5-8-18/h3-5,7-10,15H,2,6,11-14,16H2,1H3,(H3,21,22,24). The van der Waals surface area contributed by atoms with Gasteiger partial charge in [-0.05, 0) is 31.0 Å². The molecule has 0 bridgehead atoms. The van der Waals surface area contributed by atoms with E-state index in [9.17, 15) is 0 Å². The average Bonchev–Trinajstić information content (AvgIpc) is 2.71. The SMILES string of the molecule is CCOCCCNC(N)=NCc1ccc(OCCOc2ccccc2)nc1. The molecule has 0 aliphatic rings. The van der Waals surface area contributed by atoms with Crippen molar-refractivity contribution in [2.75, 3.05) is 33.0 Å². The van der Waals surface area contributed by atoms with Gasteiger partial charge in [-0.2, -0.15) is 0 Å². The van der Waals surface area contributed by atoms with Gasteiger partial charge in [0.1, 0.15) is 19.0 Å². The Morgan fingerprint density at radius 3 is 2.63 bits per heavy atom. The van der Waals surface area contributed by atoms with Gasteiger partial charge >= 0.3 is 0 Å². The fourth-order valence-corrected chi connectivity index (χ4v) is 2.18. The van der Waals surface area contributed by atoms with Crippen molar-refractivity contribution in [2.24, 2.45) is 10.7 Å². The highest BCUT2D eigenvalue weighted by atomic mass is 16.5. The Bertz CT molecular complexity index is 663. The number of benzene rings is 1. The molecule has 3 N–H and O–H groups in total. The summed E-state index contributed by atoms with van der Waals surface area (Å²) >= 11 is 0. The Hall–Kier alpha value is -2.80. The lowest BCUT2D eigenvalue weighted by Crippen LogP contribution is -2.32. The van der Waals surface area contributed by atoms with E-state index in [2.05, 4.69) is 15.3 Å². The number of hydrogen-bond donors (Lipinski definition) is 2. The van der Waals surface area contributed by atoms with E-state index in [-0.39, 0.29) is 0 Å². The van der Waals surface area contributed by atoms with Crippen molar-refractivity contribution in [1.82, 2.24) is 10.3 Å². The predicted octanol–water partition coefficient (Wildman–Crippen LogP) is 2.37. The molecular formula is C20H28N4O3. The highest BCUT2D eigenvalue weighted by Gasteiger charge is 1.99. The highest BCUT2D eigenvalue weighted by Crippen LogP contribution is 2.10. The summed E-state index contributed by atoms with van der Waals surface area (Å²) in [6.07, 6.45) is 2.63. The van der Waals surface area contributed by atoms with Crippen LogP contribution in [0, 0.1) is 0 Å². The molecule has 2 aromatic rings. The summed E-state index contributed by atoms with van der Waals surface area (Å²) in [4.78, 5) is 8.56. The molecule has 0 aliphatic carbocycles. The van der Waals surface area contributed by atoms with Gasteiger partial charge in [-0.1, -0.05) is 24.3 Å². The maximum Gasteiger partial charge on any atom is 0.213 e. The number of nitrogens with one attached hydrogen (secondary N) is 1. The van der Waals surface area contributed by atoms with Crippen LogP contribution in [0.15, 0.2) is 53.7 Å². The van der Waals surface area contributed by atoms with Crippen LogP contribution >= 0.6 is 0 Å². The molecule has 1 aromatic heterocycles. The first-order valence-corrected chi connectivity index (χ1v) is 9.15. The second-order valence-corrected chi connectivity index (χ2v) is 5.69. The normalized spacial score (nSPS) is 11.2. The molecular weight excluding hydrogens is 344 g/mol. The van der Waals surface area contributed by atoms with Crippen LogP contribution in [-0.4, -0.2) is 43.9 Å². The molecule has 2 rings (SSSR count). The molecule has 0 fully saturated rings. The lowest BCUT2D eigenvalue weighted by molar-refractivity contribution is 0.145. The number of ether oxygens (including phenoxy) is 3. The van der Waals surface area contributed by atoms with Crippen LogP contribution in [-0.2, 0) is 11.3 Å². The molecule has 0 radical (unpaired) electrons. The Morgan fingerprint density at radius 1 is 1.07 bits per heavy atom. The molecule has 7 nitrogen and oxygen atoms in total. The van der Waals surface area contributed by atoms with Gasteiger partial charge in [-0.25, -0.2) is 9.98 Å². The van der Waals surface area contributed by atoms with E-state index in [1.165, 1.54) is 0 Å². The first-order valence-electron chi connectivity index (χ1n) is 9.15. The molecule has 1 heterocycles. The van der Waals surface area contributed by atoms with Gasteiger partial charge in [-0.15, -0.1) is 0 Å². The lowest BCUT2D eigenvalue weighted by atomic mass is 10.3. The Morgan fingerprint density at radius 2 is 1.89 bits per heavy atom. The van der Waals surface area contributed by atoms with Crippen molar-refractivity contribution in [3.8, 4) is 11.6 Å². The van der Waals surface area contributed by atoms with Gasteiger partial charge in [0.05, 0.1) is 6.54 Å². The van der Waals surface area contributed by atoms with Crippen molar-refractivity contribution >= 4 is 5.96 Å². The molecule has 0 amide bonds. The third-order valence-corrected chi connectivity index (χ3v) is 3.55. The lowest BCUT2D eigenvalue weighted by Gasteiger charge is -2.08. The minimum Gasteiger partial charge on any atom is -0.490 e. The topological polar surface area (TPSA) is 91.0 Å². The summed E-state index contributed by atoms with van der Waals surface area (Å²) in [5, 5.41) is 3.06. The molecule has 0 atom stereocenters. The fourth-order valence-electron chi connectivity index (χ4n) is 2.18. The van der Waals surface area contributed by atoms with E-state index in [0.717, 1.165) is 37.5 Å². The maximum atomic E-state index is 5.83. The third-order valence-electron chi connectivity index (χ3n) is 3.55. The smallest absolute Gasteiger partial charge is 0.213 e. The number of aromatic nitrogens is 1. The van der Waals surface area contributed by atoms with Gasteiger partial charge < -0.3 is 25.3 Å². The van der Waals surface area contributed by atoms with E-state index in [0.29, 0.717) is 31.6 Å². The maximum absolute atomic E-state index is 5.83. The van der Waals surface area contributed by atoms with Crippen LogP contribution in [0.3, 0.4) is 0 Å². The largest absolute Gasteiger partial charge is 0.490 e. The Labute approximate surface area is 160 Å². The monoisotopic (exact) mass is 372 g/mol. The summed E-state index contributed by atoms with van der Waals surface area (Å²) in [6, 6.07) is 13.4. The summed E-state index contributed by atoms with van der Waals surface area (Å²) in [7, 11) is 0. The van der Waals surface area contributed by atoms with Gasteiger partial charge in [-0.3, -0.25) is 0 Å². The number of hydrogen-bond acceptors (Lipinski definition) is 5. The number of aliphatic imine (C=N–C) groups is 1. The van der Waals surface area contributed by atoms with Crippen LogP contribution in [0.25, 0.3) is 0 Å². The van der Waals surface area contributed by atoms with Crippen molar-refractivity contribution in [1.29, 1.82) is 0 Å². The quantitative estimate of drug-likeness (QED) is 0.338. The van der Waals surface area contributed by atoms with E-state index < -0.39 is 0 Å². The Balaban J connectivity index is 1.63. The number of para-hydroxylation sites is 1. The van der Waals surface area contributed by atoms with Gasteiger partial charge in [0.15, 0.2) is 5.96 Å². The number of rotatable bonds is 12. The summed E-state index contributed by atoms with van der Waals surface area (Å²) in [6.45, 7) is 5.53. The summed E-state index contributed by atoms with van der Waals surface area (Å²) in [5.41, 5.74) is 6.79. The molecule has 0 aliphatic heterocycles. The minimum absolute atomic E-state index is 0.421. The first-order chi connectivity index (χ1) is 13.3. The molecule has 27 heavy (non-hydrogen) atoms. The summed E-state index contributed by atoms with van der Waals surface area (Å²) < 4.78 is 16.4. The second kappa shape index (κ2) is 12.5. The second-order valence-electron chi connectivity index (χ2n) is 5.69. The molecule has 0 unspecified atom stereocenters. The van der Waals surface area contributed by atoms with Gasteiger partial charge in [0.2, 0.25) is 5.88 Å². The highest BCUT2D eigenvalue weighted by molar-refractivity contribution is 5.77. The predicted molar refractivity (Wildman–Crippen MR) is 106 cm³/mol. The average molecular weight is 372 g/mol. The first kappa shape index (κ1) is 20.5. The van der Waals surface area contributed by atoms with Crippen LogP contribution in [0.4, 0.5) is 0 Å². The molecule has 146 valence electrons. The number of nitrogens with two attached hydrogens (primary N) is 1. The van der Waals surface area contributed by atoms with Gasteiger partial charge in [0.25, 0.3) is 0 Å². The van der Waals surface area contributed by atoms with Crippen molar-refractivity contribution in [2.45, 2.75) is 19.9 Å². The summed E-state index contributed by atoms with van der Waals surface area (Å²) in [5.74, 6) is 1.80. The third kappa shape index (κ3) is 8.91. The fraction of sp³-hybridized carbons (Fsp3) is 0.400. The Kier molecular flexibility index (Phi) is 9.52. The van der Waals surface area contributed by atoms with E-state index in [1.807, 2.05) is 49.4 Å². The zero-order valence-electron chi connectivity index (χ0n) is 15.8. The number of pyridine rings is 1. The molecule has 7 heteroatoms. The van der Waals surface area contributed by atoms with Crippen LogP contribution in [0.1, 0.15) is 18.9 Å². The van der Waals surface area contributed by atoms with Crippen LogP contribution in [0.2, 0.25) is 0 Å². The molecule has 0 saturated heterocycles. The zero-order valence-corrected chi connectivity index (χ0v) is 15.8. The number of nitrogens with zero attached hydrogens (tertiary/aromatic N) is 2. The zero-order chi connectivity index (χ0) is 19.2. The number of guanidine groups is 1. The van der Waals surface area contributed by atoms with Crippen molar-refractivity contribution in [3.05, 3.63) is 54.2 Å².